The van der Waals surface area contributed by atoms with Gasteiger partial charge >= 0.3 is 0 Å². The highest BCUT2D eigenvalue weighted by Gasteiger charge is 2.12. The molecule has 1 aliphatic heterocycles. The summed E-state index contributed by atoms with van der Waals surface area (Å²) < 4.78 is 0. The minimum Gasteiger partial charge on any atom is -0.357 e. The Morgan fingerprint density at radius 3 is 2.48 bits per heavy atom. The summed E-state index contributed by atoms with van der Waals surface area (Å²) in [5.41, 5.74) is 2.54. The summed E-state index contributed by atoms with van der Waals surface area (Å²) in [5, 5.41) is 6.73. The SMILES string of the molecule is CN=C(NCCCc1ccccc1)NCc1ccc(N2CCCC2)nc1.I. The van der Waals surface area contributed by atoms with Crippen molar-refractivity contribution in [3.63, 3.8) is 0 Å². The van der Waals surface area contributed by atoms with Gasteiger partial charge in [-0.3, -0.25) is 4.99 Å². The van der Waals surface area contributed by atoms with Crippen LogP contribution < -0.4 is 15.5 Å². The normalized spacial score (nSPS) is 14.0. The minimum absolute atomic E-state index is 0. The van der Waals surface area contributed by atoms with E-state index >= 15 is 0 Å². The summed E-state index contributed by atoms with van der Waals surface area (Å²) in [5.74, 6) is 1.93. The zero-order valence-electron chi connectivity index (χ0n) is 16.0. The predicted molar refractivity (Wildman–Crippen MR) is 124 cm³/mol. The van der Waals surface area contributed by atoms with E-state index in [-0.39, 0.29) is 24.0 Å². The molecular formula is C21H30IN5. The van der Waals surface area contributed by atoms with Crippen molar-refractivity contribution in [2.24, 2.45) is 4.99 Å². The molecule has 0 radical (unpaired) electrons. The van der Waals surface area contributed by atoms with Crippen LogP contribution >= 0.6 is 24.0 Å². The lowest BCUT2D eigenvalue weighted by Crippen LogP contribution is -2.37. The van der Waals surface area contributed by atoms with Gasteiger partial charge in [0.05, 0.1) is 0 Å². The molecule has 1 aromatic heterocycles. The van der Waals surface area contributed by atoms with Gasteiger partial charge in [0.25, 0.3) is 0 Å². The van der Waals surface area contributed by atoms with Crippen LogP contribution in [0.3, 0.4) is 0 Å². The molecule has 0 unspecified atom stereocenters. The molecule has 27 heavy (non-hydrogen) atoms. The topological polar surface area (TPSA) is 52.6 Å². The van der Waals surface area contributed by atoms with Crippen molar-refractivity contribution in [3.8, 4) is 0 Å². The third-order valence-corrected chi connectivity index (χ3v) is 4.70. The number of aromatic nitrogens is 1. The van der Waals surface area contributed by atoms with E-state index in [1.165, 1.54) is 24.0 Å². The predicted octanol–water partition coefficient (Wildman–Crippen LogP) is 3.60. The van der Waals surface area contributed by atoms with Crippen molar-refractivity contribution in [3.05, 3.63) is 59.8 Å². The van der Waals surface area contributed by atoms with Crippen LogP contribution in [0.1, 0.15) is 30.4 Å². The number of rotatable bonds is 7. The third kappa shape index (κ3) is 7.01. The van der Waals surface area contributed by atoms with Crippen LogP contribution in [-0.4, -0.2) is 37.6 Å². The molecule has 2 heterocycles. The fraction of sp³-hybridized carbons (Fsp3) is 0.429. The molecule has 1 aromatic carbocycles. The Hall–Kier alpha value is -1.83. The van der Waals surface area contributed by atoms with Crippen LogP contribution in [0.4, 0.5) is 5.82 Å². The Kier molecular flexibility index (Phi) is 9.38. The van der Waals surface area contributed by atoms with Crippen LogP contribution in [0.25, 0.3) is 0 Å². The van der Waals surface area contributed by atoms with Crippen molar-refractivity contribution in [2.75, 3.05) is 31.6 Å². The van der Waals surface area contributed by atoms with Crippen LogP contribution in [0.15, 0.2) is 53.7 Å². The minimum atomic E-state index is 0. The lowest BCUT2D eigenvalue weighted by molar-refractivity contribution is 0.741. The quantitative estimate of drug-likeness (QED) is 0.276. The number of anilines is 1. The number of guanidine groups is 1. The van der Waals surface area contributed by atoms with E-state index in [2.05, 4.69) is 68.0 Å². The maximum absolute atomic E-state index is 4.60. The van der Waals surface area contributed by atoms with Crippen molar-refractivity contribution < 1.29 is 0 Å². The molecule has 1 fully saturated rings. The molecule has 1 saturated heterocycles. The first kappa shape index (κ1) is 21.5. The van der Waals surface area contributed by atoms with Crippen LogP contribution in [0.5, 0.6) is 0 Å². The van der Waals surface area contributed by atoms with E-state index in [1.807, 2.05) is 6.20 Å². The Morgan fingerprint density at radius 1 is 1.04 bits per heavy atom. The largest absolute Gasteiger partial charge is 0.357 e. The summed E-state index contributed by atoms with van der Waals surface area (Å²) in [6.45, 7) is 3.89. The van der Waals surface area contributed by atoms with E-state index in [0.29, 0.717) is 0 Å². The molecule has 2 N–H and O–H groups in total. The van der Waals surface area contributed by atoms with E-state index in [0.717, 1.165) is 50.8 Å². The Morgan fingerprint density at radius 2 is 1.81 bits per heavy atom. The van der Waals surface area contributed by atoms with Gasteiger partial charge in [0.2, 0.25) is 0 Å². The molecule has 2 aromatic rings. The van der Waals surface area contributed by atoms with Gasteiger partial charge in [-0.1, -0.05) is 36.4 Å². The maximum Gasteiger partial charge on any atom is 0.191 e. The van der Waals surface area contributed by atoms with Gasteiger partial charge in [0.1, 0.15) is 5.82 Å². The fourth-order valence-corrected chi connectivity index (χ4v) is 3.20. The van der Waals surface area contributed by atoms with E-state index < -0.39 is 0 Å². The summed E-state index contributed by atoms with van der Waals surface area (Å²) in [4.78, 5) is 11.2. The number of nitrogens with zero attached hydrogens (tertiary/aromatic N) is 3. The van der Waals surface area contributed by atoms with Crippen LogP contribution in [0.2, 0.25) is 0 Å². The van der Waals surface area contributed by atoms with Crippen molar-refractivity contribution in [1.29, 1.82) is 0 Å². The highest BCUT2D eigenvalue weighted by atomic mass is 127. The molecule has 1 aliphatic rings. The second-order valence-corrected chi connectivity index (χ2v) is 6.66. The molecule has 6 heteroatoms. The van der Waals surface area contributed by atoms with E-state index in [9.17, 15) is 0 Å². The standard InChI is InChI=1S/C21H29N5.HI/c1-22-21(23-13-7-10-18-8-3-2-4-9-18)25-17-19-11-12-20(24-16-19)26-14-5-6-15-26;/h2-4,8-9,11-12,16H,5-7,10,13-15,17H2,1H3,(H2,22,23,25);1H. The van der Waals surface area contributed by atoms with Crippen molar-refractivity contribution >= 4 is 35.8 Å². The number of hydrogen-bond acceptors (Lipinski definition) is 3. The first-order valence-corrected chi connectivity index (χ1v) is 9.53. The van der Waals surface area contributed by atoms with Crippen LogP contribution in [0, 0.1) is 0 Å². The molecule has 3 rings (SSSR count). The van der Waals surface area contributed by atoms with Gasteiger partial charge in [-0.05, 0) is 42.9 Å². The van der Waals surface area contributed by atoms with Gasteiger partial charge in [-0.2, -0.15) is 0 Å². The summed E-state index contributed by atoms with van der Waals surface area (Å²) in [6.07, 6.45) is 6.67. The van der Waals surface area contributed by atoms with Gasteiger partial charge < -0.3 is 15.5 Å². The first-order valence-electron chi connectivity index (χ1n) is 9.53. The first-order chi connectivity index (χ1) is 12.8. The Bertz CT molecular complexity index is 681. The maximum atomic E-state index is 4.60. The van der Waals surface area contributed by atoms with Crippen molar-refractivity contribution in [2.45, 2.75) is 32.2 Å². The number of aryl methyl sites for hydroxylation is 1. The number of hydrogen-bond donors (Lipinski definition) is 2. The second kappa shape index (κ2) is 11.8. The van der Waals surface area contributed by atoms with Gasteiger partial charge in [-0.15, -0.1) is 24.0 Å². The average Bonchev–Trinajstić information content (AvgIpc) is 3.23. The summed E-state index contributed by atoms with van der Waals surface area (Å²) >= 11 is 0. The molecule has 0 aliphatic carbocycles. The zero-order valence-corrected chi connectivity index (χ0v) is 18.4. The third-order valence-electron chi connectivity index (χ3n) is 4.70. The highest BCUT2D eigenvalue weighted by molar-refractivity contribution is 14.0. The smallest absolute Gasteiger partial charge is 0.191 e. The van der Waals surface area contributed by atoms with Crippen molar-refractivity contribution in [1.82, 2.24) is 15.6 Å². The Balaban J connectivity index is 0.00000261. The van der Waals surface area contributed by atoms with Crippen LogP contribution in [-0.2, 0) is 13.0 Å². The molecular weight excluding hydrogens is 449 g/mol. The monoisotopic (exact) mass is 479 g/mol. The summed E-state index contributed by atoms with van der Waals surface area (Å²) in [6, 6.07) is 14.9. The van der Waals surface area contributed by atoms with Gasteiger partial charge in [0, 0.05) is 39.4 Å². The molecule has 0 spiro atoms. The number of benzene rings is 1. The molecule has 0 amide bonds. The fourth-order valence-electron chi connectivity index (χ4n) is 3.20. The Labute approximate surface area is 179 Å². The lowest BCUT2D eigenvalue weighted by Gasteiger charge is -2.16. The molecule has 0 atom stereocenters. The van der Waals surface area contributed by atoms with E-state index in [4.69, 9.17) is 0 Å². The highest BCUT2D eigenvalue weighted by Crippen LogP contribution is 2.17. The number of aliphatic imine (C=N–C) groups is 1. The van der Waals surface area contributed by atoms with Gasteiger partial charge in [0.15, 0.2) is 5.96 Å². The number of halogens is 1. The van der Waals surface area contributed by atoms with E-state index in [1.54, 1.807) is 7.05 Å². The molecule has 5 nitrogen and oxygen atoms in total. The number of pyridine rings is 1. The lowest BCUT2D eigenvalue weighted by atomic mass is 10.1. The second-order valence-electron chi connectivity index (χ2n) is 6.66. The average molecular weight is 479 g/mol. The summed E-state index contributed by atoms with van der Waals surface area (Å²) in [7, 11) is 1.81. The molecule has 0 saturated carbocycles. The number of nitrogens with one attached hydrogen (secondary N) is 2. The van der Waals surface area contributed by atoms with Gasteiger partial charge in [-0.25, -0.2) is 4.98 Å². The molecule has 146 valence electrons. The zero-order chi connectivity index (χ0) is 18.0. The molecule has 0 bridgehead atoms.